The van der Waals surface area contributed by atoms with Crippen LogP contribution in [-0.4, -0.2) is 6.54 Å². The summed E-state index contributed by atoms with van der Waals surface area (Å²) in [5.74, 6) is 0. The Bertz CT molecular complexity index is 454. The smallest absolute Gasteiger partial charge is 0.0635 e. The lowest BCUT2D eigenvalue weighted by Crippen LogP contribution is -2.23. The van der Waals surface area contributed by atoms with Gasteiger partial charge in [0.15, 0.2) is 0 Å². The molecule has 0 aliphatic carbocycles. The summed E-state index contributed by atoms with van der Waals surface area (Å²) in [6.07, 6.45) is 1.57. The summed E-state index contributed by atoms with van der Waals surface area (Å²) in [6, 6.07) is 11.0. The van der Waals surface area contributed by atoms with Crippen LogP contribution in [0.2, 0.25) is 0 Å². The molecule has 0 bridgehead atoms. The Hall–Kier alpha value is -1.15. The van der Waals surface area contributed by atoms with Gasteiger partial charge in [-0.05, 0) is 22.9 Å². The van der Waals surface area contributed by atoms with E-state index in [4.69, 9.17) is 5.26 Å². The molecule has 0 aliphatic heterocycles. The van der Waals surface area contributed by atoms with Gasteiger partial charge in [-0.15, -0.1) is 22.7 Å². The summed E-state index contributed by atoms with van der Waals surface area (Å²) in [7, 11) is 0. The van der Waals surface area contributed by atoms with E-state index in [0.29, 0.717) is 12.5 Å². The summed E-state index contributed by atoms with van der Waals surface area (Å²) >= 11 is 3.56. The van der Waals surface area contributed by atoms with E-state index in [9.17, 15) is 0 Å². The molecule has 0 radical (unpaired) electrons. The molecule has 17 heavy (non-hydrogen) atoms. The van der Waals surface area contributed by atoms with Gasteiger partial charge in [0.05, 0.1) is 6.07 Å². The highest BCUT2D eigenvalue weighted by molar-refractivity contribution is 7.10. The van der Waals surface area contributed by atoms with Gasteiger partial charge >= 0.3 is 0 Å². The molecule has 4 heteroatoms. The highest BCUT2D eigenvalue weighted by Crippen LogP contribution is 2.24. The summed E-state index contributed by atoms with van der Waals surface area (Å²) < 4.78 is 0. The predicted molar refractivity (Wildman–Crippen MR) is 73.3 cm³/mol. The van der Waals surface area contributed by atoms with Gasteiger partial charge in [0.2, 0.25) is 0 Å². The van der Waals surface area contributed by atoms with Crippen molar-refractivity contribution < 1.29 is 0 Å². The first kappa shape index (κ1) is 12.3. The van der Waals surface area contributed by atoms with Gasteiger partial charge in [0.1, 0.15) is 0 Å². The molecule has 2 rings (SSSR count). The zero-order valence-corrected chi connectivity index (χ0v) is 11.1. The number of nitriles is 1. The fourth-order valence-electron chi connectivity index (χ4n) is 1.70. The van der Waals surface area contributed by atoms with Crippen LogP contribution in [0.3, 0.4) is 0 Å². The van der Waals surface area contributed by atoms with E-state index in [-0.39, 0.29) is 0 Å². The third kappa shape index (κ3) is 3.67. The molecular formula is C13H14N2S2. The van der Waals surface area contributed by atoms with Crippen molar-refractivity contribution in [2.75, 3.05) is 6.54 Å². The molecule has 2 aromatic rings. The first-order valence-corrected chi connectivity index (χ1v) is 7.32. The molecule has 1 unspecified atom stereocenters. The van der Waals surface area contributed by atoms with Crippen LogP contribution in [0.25, 0.3) is 0 Å². The third-order valence-corrected chi connectivity index (χ3v) is 4.38. The van der Waals surface area contributed by atoms with Crippen LogP contribution in [0.5, 0.6) is 0 Å². The van der Waals surface area contributed by atoms with Crippen LogP contribution in [0.15, 0.2) is 35.0 Å². The van der Waals surface area contributed by atoms with Gasteiger partial charge in [-0.1, -0.05) is 12.1 Å². The van der Waals surface area contributed by atoms with Crippen LogP contribution in [0.1, 0.15) is 22.2 Å². The van der Waals surface area contributed by atoms with Crippen molar-refractivity contribution in [1.29, 1.82) is 5.26 Å². The van der Waals surface area contributed by atoms with Crippen molar-refractivity contribution in [1.82, 2.24) is 5.32 Å². The largest absolute Gasteiger partial charge is 0.308 e. The number of nitrogens with one attached hydrogen (secondary N) is 1. The van der Waals surface area contributed by atoms with Crippen molar-refractivity contribution in [2.24, 2.45) is 0 Å². The van der Waals surface area contributed by atoms with Gasteiger partial charge in [0.25, 0.3) is 0 Å². The maximum absolute atomic E-state index is 8.58. The summed E-state index contributed by atoms with van der Waals surface area (Å²) in [6.45, 7) is 0.754. The lowest BCUT2D eigenvalue weighted by Gasteiger charge is -2.15. The monoisotopic (exact) mass is 262 g/mol. The van der Waals surface area contributed by atoms with E-state index >= 15 is 0 Å². The van der Waals surface area contributed by atoms with Gasteiger partial charge in [-0.25, -0.2) is 0 Å². The van der Waals surface area contributed by atoms with Crippen molar-refractivity contribution in [3.63, 3.8) is 0 Å². The fourth-order valence-corrected chi connectivity index (χ4v) is 3.25. The van der Waals surface area contributed by atoms with Crippen molar-refractivity contribution in [3.05, 3.63) is 44.8 Å². The minimum Gasteiger partial charge on any atom is -0.308 e. The van der Waals surface area contributed by atoms with E-state index in [0.717, 1.165) is 13.0 Å². The van der Waals surface area contributed by atoms with E-state index in [1.165, 1.54) is 9.75 Å². The van der Waals surface area contributed by atoms with E-state index in [2.05, 4.69) is 46.4 Å². The Balaban J connectivity index is 2.00. The second-order valence-electron chi connectivity index (χ2n) is 3.71. The van der Waals surface area contributed by atoms with Crippen molar-refractivity contribution in [3.8, 4) is 6.07 Å². The Morgan fingerprint density at radius 1 is 1.24 bits per heavy atom. The van der Waals surface area contributed by atoms with Crippen LogP contribution < -0.4 is 5.32 Å². The standard InChI is InChI=1S/C13H14N2S2/c14-6-3-7-15-12(13-5-2-9-17-13)10-11-4-1-8-16-11/h1-2,4-5,8-9,12,15H,3,7,10H2. The third-order valence-electron chi connectivity index (χ3n) is 2.50. The molecule has 0 saturated carbocycles. The number of hydrogen-bond donors (Lipinski definition) is 1. The van der Waals surface area contributed by atoms with Crippen LogP contribution in [0, 0.1) is 11.3 Å². The molecule has 1 N–H and O–H groups in total. The van der Waals surface area contributed by atoms with Crippen LogP contribution in [0.4, 0.5) is 0 Å². The fraction of sp³-hybridized carbons (Fsp3) is 0.308. The second kappa shape index (κ2) is 6.55. The molecule has 2 nitrogen and oxygen atoms in total. The number of hydrogen-bond acceptors (Lipinski definition) is 4. The molecule has 0 fully saturated rings. The lowest BCUT2D eigenvalue weighted by molar-refractivity contribution is 0.549. The molecule has 0 aliphatic rings. The van der Waals surface area contributed by atoms with Crippen LogP contribution in [-0.2, 0) is 6.42 Å². The molecule has 88 valence electrons. The zero-order chi connectivity index (χ0) is 11.9. The molecule has 2 aromatic heterocycles. The van der Waals surface area contributed by atoms with E-state index < -0.39 is 0 Å². The first-order chi connectivity index (χ1) is 8.40. The van der Waals surface area contributed by atoms with Crippen molar-refractivity contribution >= 4 is 22.7 Å². The highest BCUT2D eigenvalue weighted by atomic mass is 32.1. The maximum atomic E-state index is 8.58. The number of nitrogens with zero attached hydrogens (tertiary/aromatic N) is 1. The van der Waals surface area contributed by atoms with Gasteiger partial charge < -0.3 is 5.32 Å². The summed E-state index contributed by atoms with van der Waals surface area (Å²) in [4.78, 5) is 2.73. The van der Waals surface area contributed by atoms with E-state index in [1.807, 2.05) is 0 Å². The Morgan fingerprint density at radius 3 is 2.71 bits per heavy atom. The predicted octanol–water partition coefficient (Wildman–Crippen LogP) is 3.60. The minimum atomic E-state index is 0.335. The normalized spacial score (nSPS) is 12.2. The molecule has 0 spiro atoms. The zero-order valence-electron chi connectivity index (χ0n) is 9.43. The number of rotatable bonds is 6. The van der Waals surface area contributed by atoms with E-state index in [1.54, 1.807) is 22.7 Å². The number of thiophene rings is 2. The maximum Gasteiger partial charge on any atom is 0.0635 e. The Labute approximate surface area is 110 Å². The average molecular weight is 262 g/mol. The topological polar surface area (TPSA) is 35.8 Å². The molecule has 2 heterocycles. The average Bonchev–Trinajstić information content (AvgIpc) is 3.01. The molecular weight excluding hydrogens is 248 g/mol. The lowest BCUT2D eigenvalue weighted by atomic mass is 10.1. The molecule has 0 aromatic carbocycles. The van der Waals surface area contributed by atoms with Gasteiger partial charge in [0, 0.05) is 35.2 Å². The Morgan fingerprint density at radius 2 is 2.06 bits per heavy atom. The van der Waals surface area contributed by atoms with Crippen molar-refractivity contribution in [2.45, 2.75) is 18.9 Å². The minimum absolute atomic E-state index is 0.335. The molecule has 1 atom stereocenters. The van der Waals surface area contributed by atoms with Gasteiger partial charge in [-0.3, -0.25) is 0 Å². The first-order valence-electron chi connectivity index (χ1n) is 5.56. The SMILES string of the molecule is N#CCCNC(Cc1cccs1)c1cccs1. The molecule has 0 saturated heterocycles. The summed E-state index contributed by atoms with van der Waals surface area (Å²) in [5.41, 5.74) is 0. The van der Waals surface area contributed by atoms with Crippen LogP contribution >= 0.6 is 22.7 Å². The summed E-state index contributed by atoms with van der Waals surface area (Å²) in [5, 5.41) is 16.2. The highest BCUT2D eigenvalue weighted by Gasteiger charge is 2.12. The Kier molecular flexibility index (Phi) is 4.75. The molecule has 0 amide bonds. The second-order valence-corrected chi connectivity index (χ2v) is 5.73. The quantitative estimate of drug-likeness (QED) is 0.807. The van der Waals surface area contributed by atoms with Gasteiger partial charge in [-0.2, -0.15) is 5.26 Å².